The second kappa shape index (κ2) is 9.40. The largest absolute Gasteiger partial charge is 0.456 e. The maximum atomic E-state index is 6.52. The summed E-state index contributed by atoms with van der Waals surface area (Å²) in [5.41, 5.74) is 6.50. The first kappa shape index (κ1) is 24.9. The van der Waals surface area contributed by atoms with E-state index >= 15 is 0 Å². The first-order valence-corrected chi connectivity index (χ1v) is 15.3. The summed E-state index contributed by atoms with van der Waals surface area (Å²) in [7, 11) is 0. The fourth-order valence-electron chi connectivity index (χ4n) is 7.00. The van der Waals surface area contributed by atoms with Gasteiger partial charge >= 0.3 is 0 Å². The predicted molar refractivity (Wildman–Crippen MR) is 189 cm³/mol. The van der Waals surface area contributed by atoms with Gasteiger partial charge in [-0.15, -0.1) is 25.3 Å². The van der Waals surface area contributed by atoms with Crippen LogP contribution in [0.25, 0.3) is 87.3 Å². The fourth-order valence-corrected chi connectivity index (χ4v) is 7.78. The Labute approximate surface area is 259 Å². The van der Waals surface area contributed by atoms with Crippen LogP contribution in [-0.2, 0) is 0 Å². The second-order valence-electron chi connectivity index (χ2n) is 11.1. The molecule has 8 aromatic carbocycles. The standard InChI is InChI=1S/C40H24OS2/c42-39-28-14-5-1-10-24(28)36(25-11-2-6-15-29(25)39)23-20-21-34-33(22-23)38-32(18-9-19-35(38)41-34)37-26-12-3-7-16-30(26)40(43)31-17-8-4-13-27(31)37/h1-22,42-43H. The van der Waals surface area contributed by atoms with Crippen molar-refractivity contribution in [1.82, 2.24) is 0 Å². The maximum Gasteiger partial charge on any atom is 0.136 e. The van der Waals surface area contributed by atoms with Gasteiger partial charge in [-0.3, -0.25) is 0 Å². The summed E-state index contributed by atoms with van der Waals surface area (Å²) in [5, 5.41) is 11.6. The molecular weight excluding hydrogens is 561 g/mol. The molecule has 0 saturated heterocycles. The monoisotopic (exact) mass is 584 g/mol. The van der Waals surface area contributed by atoms with Crippen molar-refractivity contribution in [2.24, 2.45) is 0 Å². The van der Waals surface area contributed by atoms with Crippen molar-refractivity contribution in [2.45, 2.75) is 9.79 Å². The molecule has 1 nitrogen and oxygen atoms in total. The fraction of sp³-hybridized carbons (Fsp3) is 0. The zero-order valence-electron chi connectivity index (χ0n) is 23.0. The molecule has 9 aromatic rings. The van der Waals surface area contributed by atoms with Crippen molar-refractivity contribution < 1.29 is 4.42 Å². The second-order valence-corrected chi connectivity index (χ2v) is 12.0. The van der Waals surface area contributed by atoms with Crippen molar-refractivity contribution in [1.29, 1.82) is 0 Å². The Balaban J connectivity index is 1.42. The minimum Gasteiger partial charge on any atom is -0.456 e. The number of rotatable bonds is 2. The maximum absolute atomic E-state index is 6.52. The molecule has 0 aliphatic carbocycles. The van der Waals surface area contributed by atoms with Gasteiger partial charge in [0.05, 0.1) is 0 Å². The number of furan rings is 1. The van der Waals surface area contributed by atoms with E-state index in [9.17, 15) is 0 Å². The summed E-state index contributed by atoms with van der Waals surface area (Å²) < 4.78 is 6.52. The predicted octanol–water partition coefficient (Wildman–Crippen LogP) is 12.1. The van der Waals surface area contributed by atoms with Gasteiger partial charge in [-0.05, 0) is 83.5 Å². The molecule has 0 aliphatic heterocycles. The lowest BCUT2D eigenvalue weighted by molar-refractivity contribution is 0.669. The Morgan fingerprint density at radius 1 is 0.372 bits per heavy atom. The van der Waals surface area contributed by atoms with Gasteiger partial charge in [-0.1, -0.05) is 115 Å². The minimum absolute atomic E-state index is 0.880. The van der Waals surface area contributed by atoms with Crippen molar-refractivity contribution in [3.63, 3.8) is 0 Å². The van der Waals surface area contributed by atoms with Crippen LogP contribution in [0.15, 0.2) is 148 Å². The molecule has 202 valence electrons. The molecule has 43 heavy (non-hydrogen) atoms. The van der Waals surface area contributed by atoms with Crippen LogP contribution in [0.5, 0.6) is 0 Å². The highest BCUT2D eigenvalue weighted by Crippen LogP contribution is 2.47. The molecule has 1 heterocycles. The van der Waals surface area contributed by atoms with E-state index in [4.69, 9.17) is 29.7 Å². The van der Waals surface area contributed by atoms with E-state index in [0.29, 0.717) is 0 Å². The van der Waals surface area contributed by atoms with Crippen LogP contribution in [-0.4, -0.2) is 0 Å². The number of thiol groups is 2. The molecule has 9 rings (SSSR count). The molecule has 0 radical (unpaired) electrons. The number of fused-ring (bicyclic) bond motifs is 7. The van der Waals surface area contributed by atoms with Crippen molar-refractivity contribution in [2.75, 3.05) is 0 Å². The van der Waals surface area contributed by atoms with Crippen LogP contribution < -0.4 is 0 Å². The number of benzene rings is 8. The minimum atomic E-state index is 0.880. The summed E-state index contributed by atoms with van der Waals surface area (Å²) in [6.45, 7) is 0. The zero-order chi connectivity index (χ0) is 28.7. The van der Waals surface area contributed by atoms with Crippen LogP contribution in [0.2, 0.25) is 0 Å². The van der Waals surface area contributed by atoms with E-state index in [-0.39, 0.29) is 0 Å². The van der Waals surface area contributed by atoms with Gasteiger partial charge < -0.3 is 4.42 Å². The lowest BCUT2D eigenvalue weighted by atomic mass is 9.88. The van der Waals surface area contributed by atoms with Crippen LogP contribution in [0.3, 0.4) is 0 Å². The Hall–Kier alpha value is -4.70. The van der Waals surface area contributed by atoms with E-state index in [2.05, 4.69) is 133 Å². The summed E-state index contributed by atoms with van der Waals surface area (Å²) in [6, 6.07) is 47.3. The van der Waals surface area contributed by atoms with E-state index in [1.807, 2.05) is 0 Å². The quantitative estimate of drug-likeness (QED) is 0.152. The number of hydrogen-bond donors (Lipinski definition) is 2. The van der Waals surface area contributed by atoms with Crippen LogP contribution in [0.4, 0.5) is 0 Å². The smallest absolute Gasteiger partial charge is 0.136 e. The normalized spacial score (nSPS) is 12.0. The van der Waals surface area contributed by atoms with Crippen molar-refractivity contribution in [3.05, 3.63) is 133 Å². The van der Waals surface area contributed by atoms with Crippen molar-refractivity contribution >= 4 is 90.3 Å². The van der Waals surface area contributed by atoms with Crippen LogP contribution in [0, 0.1) is 0 Å². The highest BCUT2D eigenvalue weighted by molar-refractivity contribution is 7.81. The van der Waals surface area contributed by atoms with Gasteiger partial charge in [-0.25, -0.2) is 0 Å². The molecular formula is C40H24OS2. The van der Waals surface area contributed by atoms with Crippen LogP contribution >= 0.6 is 25.3 Å². The molecule has 0 unspecified atom stereocenters. The third-order valence-electron chi connectivity index (χ3n) is 8.86. The third kappa shape index (κ3) is 3.56. The van der Waals surface area contributed by atoms with Gasteiger partial charge in [0.15, 0.2) is 0 Å². The molecule has 0 N–H and O–H groups in total. The van der Waals surface area contributed by atoms with Gasteiger partial charge in [0.2, 0.25) is 0 Å². The SMILES string of the molecule is Sc1c2ccccc2c(-c2ccc3oc4cccc(-c5c6ccccc6c(S)c6ccccc56)c4c3c2)c2ccccc12. The van der Waals surface area contributed by atoms with Crippen molar-refractivity contribution in [3.8, 4) is 22.3 Å². The number of hydrogen-bond acceptors (Lipinski definition) is 3. The van der Waals surface area contributed by atoms with Gasteiger partial charge in [0, 0.05) is 20.6 Å². The highest BCUT2D eigenvalue weighted by Gasteiger charge is 2.20. The summed E-state index contributed by atoms with van der Waals surface area (Å²) in [5.74, 6) is 0. The molecule has 0 atom stereocenters. The Morgan fingerprint density at radius 3 is 1.35 bits per heavy atom. The Kier molecular flexibility index (Phi) is 5.44. The third-order valence-corrected chi connectivity index (χ3v) is 9.82. The Morgan fingerprint density at radius 2 is 0.837 bits per heavy atom. The van der Waals surface area contributed by atoms with E-state index in [1.165, 1.54) is 32.7 Å². The molecule has 1 aromatic heterocycles. The molecule has 0 aliphatic rings. The van der Waals surface area contributed by atoms with Gasteiger partial charge in [-0.2, -0.15) is 0 Å². The zero-order valence-corrected chi connectivity index (χ0v) is 24.8. The van der Waals surface area contributed by atoms with Gasteiger partial charge in [0.1, 0.15) is 11.2 Å². The first-order valence-electron chi connectivity index (χ1n) is 14.4. The summed E-state index contributed by atoms with van der Waals surface area (Å²) in [6.07, 6.45) is 0. The summed E-state index contributed by atoms with van der Waals surface area (Å²) in [4.78, 5) is 2.02. The first-order chi connectivity index (χ1) is 21.2. The Bertz CT molecular complexity index is 2480. The average Bonchev–Trinajstić information content (AvgIpc) is 3.44. The average molecular weight is 585 g/mol. The molecule has 0 bridgehead atoms. The van der Waals surface area contributed by atoms with E-state index in [0.717, 1.165) is 64.4 Å². The van der Waals surface area contributed by atoms with E-state index in [1.54, 1.807) is 0 Å². The molecule has 0 fully saturated rings. The molecule has 3 heteroatoms. The molecule has 0 amide bonds. The van der Waals surface area contributed by atoms with Crippen LogP contribution in [0.1, 0.15) is 0 Å². The highest BCUT2D eigenvalue weighted by atomic mass is 32.1. The lowest BCUT2D eigenvalue weighted by Gasteiger charge is -2.16. The molecule has 0 saturated carbocycles. The topological polar surface area (TPSA) is 13.1 Å². The lowest BCUT2D eigenvalue weighted by Crippen LogP contribution is -1.89. The van der Waals surface area contributed by atoms with Gasteiger partial charge in [0.25, 0.3) is 0 Å². The van der Waals surface area contributed by atoms with E-state index < -0.39 is 0 Å². The molecule has 0 spiro atoms. The summed E-state index contributed by atoms with van der Waals surface area (Å²) >= 11 is 9.96.